The maximum Gasteiger partial charge on any atom is 0.323 e. The number of aliphatic carboxylic acids is 1. The third-order valence-electron chi connectivity index (χ3n) is 3.51. The van der Waals surface area contributed by atoms with Crippen LogP contribution in [0.2, 0.25) is 0 Å². The summed E-state index contributed by atoms with van der Waals surface area (Å²) in [6, 6.07) is 0.169. The first-order valence-electron chi connectivity index (χ1n) is 7.43. The average molecular weight is 284 g/mol. The van der Waals surface area contributed by atoms with E-state index >= 15 is 0 Å². The summed E-state index contributed by atoms with van der Waals surface area (Å²) in [6.45, 7) is 10.4. The lowest BCUT2D eigenvalue weighted by atomic mass is 10.1. The van der Waals surface area contributed by atoms with E-state index in [1.165, 1.54) is 4.90 Å². The molecule has 116 valence electrons. The first kappa shape index (κ1) is 16.8. The maximum absolute atomic E-state index is 12.7. The van der Waals surface area contributed by atoms with Gasteiger partial charge in [-0.15, -0.1) is 0 Å². The van der Waals surface area contributed by atoms with Gasteiger partial charge in [0.2, 0.25) is 0 Å². The van der Waals surface area contributed by atoms with Crippen LogP contribution in [-0.2, 0) is 4.79 Å². The van der Waals surface area contributed by atoms with Crippen LogP contribution in [0.4, 0.5) is 4.79 Å². The molecule has 0 aliphatic heterocycles. The lowest BCUT2D eigenvalue weighted by molar-refractivity contribution is -0.138. The van der Waals surface area contributed by atoms with Crippen molar-refractivity contribution in [2.45, 2.75) is 65.5 Å². The molecule has 0 atom stereocenters. The van der Waals surface area contributed by atoms with Gasteiger partial charge in [-0.1, -0.05) is 13.8 Å². The highest BCUT2D eigenvalue weighted by Crippen LogP contribution is 2.30. The first-order valence-corrected chi connectivity index (χ1v) is 7.43. The lowest BCUT2D eigenvalue weighted by Gasteiger charge is -2.38. The van der Waals surface area contributed by atoms with E-state index in [-0.39, 0.29) is 12.6 Å². The SMILES string of the molecule is CC(C)CCN(C(=O)N(CC(=O)O)C(C)(C)C)C1CC1. The summed E-state index contributed by atoms with van der Waals surface area (Å²) < 4.78 is 0. The molecule has 0 radical (unpaired) electrons. The Hall–Kier alpha value is -1.26. The topological polar surface area (TPSA) is 60.9 Å². The van der Waals surface area contributed by atoms with Gasteiger partial charge in [0, 0.05) is 18.1 Å². The van der Waals surface area contributed by atoms with Crippen LogP contribution < -0.4 is 0 Å². The van der Waals surface area contributed by atoms with Gasteiger partial charge in [0.25, 0.3) is 0 Å². The number of carbonyl (C=O) groups is 2. The number of carbonyl (C=O) groups excluding carboxylic acids is 1. The van der Waals surface area contributed by atoms with Crippen molar-refractivity contribution in [2.24, 2.45) is 5.92 Å². The number of nitrogens with zero attached hydrogens (tertiary/aromatic N) is 2. The van der Waals surface area contributed by atoms with Crippen molar-refractivity contribution in [3.63, 3.8) is 0 Å². The zero-order valence-electron chi connectivity index (χ0n) is 13.3. The molecule has 0 unspecified atom stereocenters. The van der Waals surface area contributed by atoms with Crippen LogP contribution in [0, 0.1) is 5.92 Å². The third kappa shape index (κ3) is 5.02. The second-order valence-corrected chi connectivity index (χ2v) is 7.04. The maximum atomic E-state index is 12.7. The quantitative estimate of drug-likeness (QED) is 0.816. The summed E-state index contributed by atoms with van der Waals surface area (Å²) in [5.41, 5.74) is -0.486. The molecule has 1 N–H and O–H groups in total. The molecule has 1 aliphatic carbocycles. The van der Waals surface area contributed by atoms with Crippen LogP contribution in [0.3, 0.4) is 0 Å². The normalized spacial score (nSPS) is 15.3. The molecule has 0 saturated heterocycles. The molecular formula is C15H28N2O3. The summed E-state index contributed by atoms with van der Waals surface area (Å²) in [6.07, 6.45) is 3.02. The fourth-order valence-electron chi connectivity index (χ4n) is 2.10. The van der Waals surface area contributed by atoms with Gasteiger partial charge in [-0.25, -0.2) is 4.79 Å². The average Bonchev–Trinajstić information content (AvgIpc) is 3.08. The minimum Gasteiger partial charge on any atom is -0.480 e. The van der Waals surface area contributed by atoms with E-state index in [0.717, 1.165) is 19.3 Å². The van der Waals surface area contributed by atoms with Gasteiger partial charge in [-0.3, -0.25) is 4.79 Å². The molecular weight excluding hydrogens is 256 g/mol. The van der Waals surface area contributed by atoms with E-state index in [1.807, 2.05) is 25.7 Å². The third-order valence-corrected chi connectivity index (χ3v) is 3.51. The Morgan fingerprint density at radius 1 is 1.25 bits per heavy atom. The number of carboxylic acids is 1. The van der Waals surface area contributed by atoms with Crippen LogP contribution in [0.1, 0.15) is 53.9 Å². The fourth-order valence-corrected chi connectivity index (χ4v) is 2.10. The zero-order valence-corrected chi connectivity index (χ0v) is 13.3. The number of carboxylic acid groups (broad SMARTS) is 1. The largest absolute Gasteiger partial charge is 0.480 e. The summed E-state index contributed by atoms with van der Waals surface area (Å²) in [5.74, 6) is -0.431. The Balaban J connectivity index is 2.80. The summed E-state index contributed by atoms with van der Waals surface area (Å²) >= 11 is 0. The molecule has 1 saturated carbocycles. The van der Waals surface area contributed by atoms with Gasteiger partial charge in [0.15, 0.2) is 0 Å². The van der Waals surface area contributed by atoms with E-state index in [1.54, 1.807) is 0 Å². The fraction of sp³-hybridized carbons (Fsp3) is 0.867. The standard InChI is InChI=1S/C15H28N2O3/c1-11(2)8-9-16(12-6-7-12)14(20)17(10-13(18)19)15(3,4)5/h11-12H,6-10H2,1-5H3,(H,18,19). The number of hydrogen-bond acceptors (Lipinski definition) is 2. The molecule has 0 spiro atoms. The molecule has 2 amide bonds. The monoisotopic (exact) mass is 284 g/mol. The van der Waals surface area contributed by atoms with Crippen LogP contribution in [0.25, 0.3) is 0 Å². The molecule has 1 aliphatic rings. The minimum atomic E-state index is -0.965. The Morgan fingerprint density at radius 2 is 1.80 bits per heavy atom. The molecule has 1 rings (SSSR count). The Labute approximate surface area is 121 Å². The highest BCUT2D eigenvalue weighted by atomic mass is 16.4. The molecule has 5 heteroatoms. The van der Waals surface area contributed by atoms with Gasteiger partial charge in [-0.05, 0) is 46.0 Å². The second-order valence-electron chi connectivity index (χ2n) is 7.04. The number of amides is 2. The predicted octanol–water partition coefficient (Wildman–Crippen LogP) is 2.80. The lowest BCUT2D eigenvalue weighted by Crippen LogP contribution is -2.54. The van der Waals surface area contributed by atoms with Crippen LogP contribution in [0.15, 0.2) is 0 Å². The van der Waals surface area contributed by atoms with Crippen molar-refractivity contribution in [3.8, 4) is 0 Å². The molecule has 0 bridgehead atoms. The minimum absolute atomic E-state index is 0.136. The van der Waals surface area contributed by atoms with Crippen molar-refractivity contribution >= 4 is 12.0 Å². The van der Waals surface area contributed by atoms with Crippen molar-refractivity contribution in [1.29, 1.82) is 0 Å². The van der Waals surface area contributed by atoms with Crippen molar-refractivity contribution in [1.82, 2.24) is 9.80 Å². The van der Waals surface area contributed by atoms with E-state index in [2.05, 4.69) is 13.8 Å². The summed E-state index contributed by atoms with van der Waals surface area (Å²) in [5, 5.41) is 9.04. The van der Waals surface area contributed by atoms with Crippen LogP contribution >= 0.6 is 0 Å². The van der Waals surface area contributed by atoms with Gasteiger partial charge >= 0.3 is 12.0 Å². The first-order chi connectivity index (χ1) is 9.12. The van der Waals surface area contributed by atoms with Gasteiger partial charge in [0.1, 0.15) is 6.54 Å². The number of rotatable bonds is 6. The Kier molecular flexibility index (Phi) is 5.42. The van der Waals surface area contributed by atoms with Crippen LogP contribution in [-0.4, -0.2) is 51.6 Å². The van der Waals surface area contributed by atoms with Gasteiger partial charge < -0.3 is 14.9 Å². The van der Waals surface area contributed by atoms with E-state index < -0.39 is 11.5 Å². The molecule has 20 heavy (non-hydrogen) atoms. The van der Waals surface area contributed by atoms with Gasteiger partial charge in [0.05, 0.1) is 0 Å². The van der Waals surface area contributed by atoms with Crippen molar-refractivity contribution < 1.29 is 14.7 Å². The van der Waals surface area contributed by atoms with Crippen molar-refractivity contribution in [2.75, 3.05) is 13.1 Å². The Morgan fingerprint density at radius 3 is 2.15 bits per heavy atom. The Bertz CT molecular complexity index is 357. The molecule has 0 aromatic carbocycles. The van der Waals surface area contributed by atoms with E-state index in [4.69, 9.17) is 5.11 Å². The molecule has 5 nitrogen and oxygen atoms in total. The molecule has 0 heterocycles. The molecule has 0 aromatic rings. The zero-order chi connectivity index (χ0) is 15.5. The highest BCUT2D eigenvalue weighted by molar-refractivity contribution is 5.81. The number of urea groups is 1. The molecule has 1 fully saturated rings. The number of hydrogen-bond donors (Lipinski definition) is 1. The van der Waals surface area contributed by atoms with Gasteiger partial charge in [-0.2, -0.15) is 0 Å². The summed E-state index contributed by atoms with van der Waals surface area (Å²) in [4.78, 5) is 27.1. The van der Waals surface area contributed by atoms with Crippen LogP contribution in [0.5, 0.6) is 0 Å². The summed E-state index contributed by atoms with van der Waals surface area (Å²) in [7, 11) is 0. The second kappa shape index (κ2) is 6.46. The van der Waals surface area contributed by atoms with E-state index in [9.17, 15) is 9.59 Å². The molecule has 0 aromatic heterocycles. The van der Waals surface area contributed by atoms with Crippen molar-refractivity contribution in [3.05, 3.63) is 0 Å². The predicted molar refractivity (Wildman–Crippen MR) is 78.7 cm³/mol. The van der Waals surface area contributed by atoms with E-state index in [0.29, 0.717) is 18.5 Å². The highest BCUT2D eigenvalue weighted by Gasteiger charge is 2.38. The smallest absolute Gasteiger partial charge is 0.323 e.